The Morgan fingerprint density at radius 1 is 1.25 bits per heavy atom. The van der Waals surface area contributed by atoms with Crippen molar-refractivity contribution >= 4 is 5.97 Å². The highest BCUT2D eigenvalue weighted by Crippen LogP contribution is 2.28. The van der Waals surface area contributed by atoms with E-state index in [9.17, 15) is 4.79 Å². The van der Waals surface area contributed by atoms with E-state index in [-0.39, 0.29) is 5.97 Å². The summed E-state index contributed by atoms with van der Waals surface area (Å²) in [6.07, 6.45) is 0.799. The summed E-state index contributed by atoms with van der Waals surface area (Å²) >= 11 is 0. The molecule has 0 aliphatic carbocycles. The Labute approximate surface area is 95.1 Å². The van der Waals surface area contributed by atoms with Crippen LogP contribution in [0.15, 0.2) is 18.2 Å². The fourth-order valence-electron chi connectivity index (χ4n) is 1.33. The second-order valence-corrected chi connectivity index (χ2v) is 3.32. The molecular weight excluding hydrogens is 208 g/mol. The SMILES string of the molecule is COCCc1ccc(OC(C)=O)c(OC)c1. The molecule has 0 radical (unpaired) electrons. The molecule has 0 bridgehead atoms. The molecule has 0 aliphatic heterocycles. The molecule has 0 aliphatic rings. The van der Waals surface area contributed by atoms with E-state index in [4.69, 9.17) is 14.2 Å². The lowest BCUT2D eigenvalue weighted by molar-refractivity contribution is -0.132. The molecule has 0 spiro atoms. The first-order valence-corrected chi connectivity index (χ1v) is 5.01. The lowest BCUT2D eigenvalue weighted by Crippen LogP contribution is -2.03. The van der Waals surface area contributed by atoms with Crippen LogP contribution in [-0.2, 0) is 16.0 Å². The summed E-state index contributed by atoms with van der Waals surface area (Å²) < 4.78 is 15.1. The maximum absolute atomic E-state index is 10.8. The molecule has 1 aromatic rings. The normalized spacial score (nSPS) is 9.94. The lowest BCUT2D eigenvalue weighted by Gasteiger charge is -2.09. The van der Waals surface area contributed by atoms with E-state index in [0.717, 1.165) is 12.0 Å². The quantitative estimate of drug-likeness (QED) is 0.565. The third kappa shape index (κ3) is 3.55. The lowest BCUT2D eigenvalue weighted by atomic mass is 10.1. The van der Waals surface area contributed by atoms with Gasteiger partial charge in [-0.3, -0.25) is 4.79 Å². The smallest absolute Gasteiger partial charge is 0.308 e. The number of hydrogen-bond donors (Lipinski definition) is 0. The molecule has 0 saturated heterocycles. The van der Waals surface area contributed by atoms with Gasteiger partial charge in [-0.15, -0.1) is 0 Å². The Hall–Kier alpha value is -1.55. The third-order valence-electron chi connectivity index (χ3n) is 2.08. The molecule has 88 valence electrons. The molecular formula is C12H16O4. The zero-order chi connectivity index (χ0) is 12.0. The summed E-state index contributed by atoms with van der Waals surface area (Å²) in [5.41, 5.74) is 1.08. The highest BCUT2D eigenvalue weighted by molar-refractivity contribution is 5.70. The monoisotopic (exact) mass is 224 g/mol. The number of benzene rings is 1. The molecule has 1 rings (SSSR count). The average Bonchev–Trinajstić information content (AvgIpc) is 2.27. The van der Waals surface area contributed by atoms with Gasteiger partial charge >= 0.3 is 5.97 Å². The Bertz CT molecular complexity index is 360. The topological polar surface area (TPSA) is 44.8 Å². The van der Waals surface area contributed by atoms with Crippen LogP contribution in [0.4, 0.5) is 0 Å². The maximum atomic E-state index is 10.8. The van der Waals surface area contributed by atoms with Crippen LogP contribution >= 0.6 is 0 Å². The fraction of sp³-hybridized carbons (Fsp3) is 0.417. The second-order valence-electron chi connectivity index (χ2n) is 3.32. The fourth-order valence-corrected chi connectivity index (χ4v) is 1.33. The van der Waals surface area contributed by atoms with Crippen molar-refractivity contribution in [3.05, 3.63) is 23.8 Å². The minimum atomic E-state index is -0.358. The van der Waals surface area contributed by atoms with E-state index >= 15 is 0 Å². The van der Waals surface area contributed by atoms with Crippen LogP contribution in [0.5, 0.6) is 11.5 Å². The average molecular weight is 224 g/mol. The minimum Gasteiger partial charge on any atom is -0.493 e. The van der Waals surface area contributed by atoms with Crippen molar-refractivity contribution in [2.75, 3.05) is 20.8 Å². The molecule has 0 amide bonds. The highest BCUT2D eigenvalue weighted by atomic mass is 16.6. The zero-order valence-corrected chi connectivity index (χ0v) is 9.78. The zero-order valence-electron chi connectivity index (χ0n) is 9.78. The number of carbonyl (C=O) groups is 1. The maximum Gasteiger partial charge on any atom is 0.308 e. The molecule has 4 nitrogen and oxygen atoms in total. The van der Waals surface area contributed by atoms with Crippen molar-refractivity contribution in [2.45, 2.75) is 13.3 Å². The van der Waals surface area contributed by atoms with Crippen molar-refractivity contribution in [1.29, 1.82) is 0 Å². The standard InChI is InChI=1S/C12H16O4/c1-9(13)16-11-5-4-10(6-7-14-2)8-12(11)15-3/h4-5,8H,6-7H2,1-3H3. The number of hydrogen-bond acceptors (Lipinski definition) is 4. The van der Waals surface area contributed by atoms with Crippen molar-refractivity contribution in [1.82, 2.24) is 0 Å². The number of rotatable bonds is 5. The first-order valence-electron chi connectivity index (χ1n) is 5.01. The number of ether oxygens (including phenoxy) is 3. The second kappa shape index (κ2) is 6.12. The predicted molar refractivity (Wildman–Crippen MR) is 59.9 cm³/mol. The summed E-state index contributed by atoms with van der Waals surface area (Å²) in [5, 5.41) is 0. The first-order chi connectivity index (χ1) is 7.67. The Morgan fingerprint density at radius 2 is 2.00 bits per heavy atom. The van der Waals surface area contributed by atoms with Gasteiger partial charge in [0.05, 0.1) is 13.7 Å². The van der Waals surface area contributed by atoms with Crippen molar-refractivity contribution < 1.29 is 19.0 Å². The summed E-state index contributed by atoms with van der Waals surface area (Å²) in [4.78, 5) is 10.8. The Kier molecular flexibility index (Phi) is 4.79. The van der Waals surface area contributed by atoms with E-state index in [1.807, 2.05) is 12.1 Å². The van der Waals surface area contributed by atoms with Crippen LogP contribution in [0.25, 0.3) is 0 Å². The van der Waals surface area contributed by atoms with E-state index < -0.39 is 0 Å². The van der Waals surface area contributed by atoms with Gasteiger partial charge in [-0.25, -0.2) is 0 Å². The van der Waals surface area contributed by atoms with Gasteiger partial charge < -0.3 is 14.2 Å². The molecule has 16 heavy (non-hydrogen) atoms. The summed E-state index contributed by atoms with van der Waals surface area (Å²) in [7, 11) is 3.20. The van der Waals surface area contributed by atoms with Crippen LogP contribution in [0.3, 0.4) is 0 Å². The largest absolute Gasteiger partial charge is 0.493 e. The van der Waals surface area contributed by atoms with Crippen molar-refractivity contribution in [3.8, 4) is 11.5 Å². The van der Waals surface area contributed by atoms with Gasteiger partial charge in [0, 0.05) is 14.0 Å². The number of carbonyl (C=O) groups excluding carboxylic acids is 1. The predicted octanol–water partition coefficient (Wildman–Crippen LogP) is 1.81. The van der Waals surface area contributed by atoms with Gasteiger partial charge in [-0.2, -0.15) is 0 Å². The number of methoxy groups -OCH3 is 2. The van der Waals surface area contributed by atoms with Crippen molar-refractivity contribution in [2.24, 2.45) is 0 Å². The molecule has 0 aromatic heterocycles. The van der Waals surface area contributed by atoms with Gasteiger partial charge in [0.25, 0.3) is 0 Å². The summed E-state index contributed by atoms with van der Waals surface area (Å²) in [6.45, 7) is 2.01. The Balaban J connectivity index is 2.83. The van der Waals surface area contributed by atoms with E-state index in [1.165, 1.54) is 6.92 Å². The Morgan fingerprint density at radius 3 is 2.56 bits per heavy atom. The molecule has 4 heteroatoms. The van der Waals surface area contributed by atoms with Crippen LogP contribution in [-0.4, -0.2) is 26.8 Å². The molecule has 0 saturated carbocycles. The molecule has 0 fully saturated rings. The molecule has 0 N–H and O–H groups in total. The van der Waals surface area contributed by atoms with Gasteiger partial charge in [-0.05, 0) is 24.1 Å². The van der Waals surface area contributed by atoms with Gasteiger partial charge in [0.2, 0.25) is 0 Å². The first kappa shape index (κ1) is 12.5. The van der Waals surface area contributed by atoms with Crippen LogP contribution in [0, 0.1) is 0 Å². The summed E-state index contributed by atoms with van der Waals surface area (Å²) in [6, 6.07) is 5.46. The molecule has 0 unspecified atom stereocenters. The third-order valence-corrected chi connectivity index (χ3v) is 2.08. The number of esters is 1. The highest BCUT2D eigenvalue weighted by Gasteiger charge is 2.07. The molecule has 0 atom stereocenters. The summed E-state index contributed by atoms with van der Waals surface area (Å²) in [5.74, 6) is 0.642. The van der Waals surface area contributed by atoms with E-state index in [0.29, 0.717) is 18.1 Å². The van der Waals surface area contributed by atoms with Gasteiger partial charge in [0.1, 0.15) is 0 Å². The van der Waals surface area contributed by atoms with Crippen LogP contribution in [0.2, 0.25) is 0 Å². The van der Waals surface area contributed by atoms with Gasteiger partial charge in [0.15, 0.2) is 11.5 Å². The van der Waals surface area contributed by atoms with E-state index in [2.05, 4.69) is 0 Å². The minimum absolute atomic E-state index is 0.358. The van der Waals surface area contributed by atoms with Gasteiger partial charge in [-0.1, -0.05) is 6.07 Å². The van der Waals surface area contributed by atoms with Crippen molar-refractivity contribution in [3.63, 3.8) is 0 Å². The molecule has 1 aromatic carbocycles. The van der Waals surface area contributed by atoms with E-state index in [1.54, 1.807) is 20.3 Å². The van der Waals surface area contributed by atoms with Crippen LogP contribution < -0.4 is 9.47 Å². The van der Waals surface area contributed by atoms with Crippen LogP contribution in [0.1, 0.15) is 12.5 Å². The molecule has 0 heterocycles.